The van der Waals surface area contributed by atoms with Crippen LogP contribution in [0.5, 0.6) is 0 Å². The van der Waals surface area contributed by atoms with Crippen molar-refractivity contribution in [1.82, 2.24) is 9.97 Å². The van der Waals surface area contributed by atoms with Gasteiger partial charge in [0.05, 0.1) is 16.2 Å². The Morgan fingerprint density at radius 1 is 1.24 bits per heavy atom. The first-order valence-corrected chi connectivity index (χ1v) is 8.21. The average molecular weight is 302 g/mol. The highest BCUT2D eigenvalue weighted by atomic mass is 32.2. The Kier molecular flexibility index (Phi) is 3.25. The molecule has 5 nitrogen and oxygen atoms in total. The van der Waals surface area contributed by atoms with E-state index in [1.807, 2.05) is 25.1 Å². The number of aryl methyl sites for hydroxylation is 1. The number of fused-ring (bicyclic) bond motifs is 1. The molecular weight excluding hydrogens is 288 g/mol. The molecule has 0 aliphatic rings. The minimum atomic E-state index is -3.39. The molecule has 0 saturated carbocycles. The van der Waals surface area contributed by atoms with E-state index in [0.29, 0.717) is 22.6 Å². The Morgan fingerprint density at radius 3 is 2.81 bits per heavy atom. The van der Waals surface area contributed by atoms with Gasteiger partial charge in [0.1, 0.15) is 5.52 Å². The van der Waals surface area contributed by atoms with Crippen molar-refractivity contribution in [2.45, 2.75) is 18.7 Å². The standard InChI is InChI=1S/C15H14N2O3S/c1-3-21(18,19)14-9-16-7-6-11(14)15-17-12-8-10(2)4-5-13(12)20-15/h4-9H,3H2,1-2H3. The molecule has 2 aromatic heterocycles. The Balaban J connectivity index is 2.24. The molecule has 0 saturated heterocycles. The van der Waals surface area contributed by atoms with Crippen molar-refractivity contribution in [1.29, 1.82) is 0 Å². The number of oxazole rings is 1. The Hall–Kier alpha value is -2.21. The molecule has 0 radical (unpaired) electrons. The molecule has 6 heteroatoms. The number of pyridine rings is 1. The lowest BCUT2D eigenvalue weighted by atomic mass is 10.2. The maximum absolute atomic E-state index is 12.2. The second-order valence-corrected chi connectivity index (χ2v) is 7.01. The van der Waals surface area contributed by atoms with Gasteiger partial charge >= 0.3 is 0 Å². The first-order valence-electron chi connectivity index (χ1n) is 6.55. The number of benzene rings is 1. The minimum absolute atomic E-state index is 0.00499. The number of nitrogens with zero attached hydrogens (tertiary/aromatic N) is 2. The zero-order valence-electron chi connectivity index (χ0n) is 11.7. The molecule has 3 aromatic rings. The highest BCUT2D eigenvalue weighted by Gasteiger charge is 2.21. The van der Waals surface area contributed by atoms with Gasteiger partial charge in [0.15, 0.2) is 15.4 Å². The highest BCUT2D eigenvalue weighted by Crippen LogP contribution is 2.29. The van der Waals surface area contributed by atoms with E-state index in [0.717, 1.165) is 5.56 Å². The molecular formula is C15H14N2O3S. The Morgan fingerprint density at radius 2 is 2.05 bits per heavy atom. The van der Waals surface area contributed by atoms with Crippen molar-refractivity contribution in [2.75, 3.05) is 5.75 Å². The largest absolute Gasteiger partial charge is 0.436 e. The molecule has 108 valence electrons. The predicted octanol–water partition coefficient (Wildman–Crippen LogP) is 2.99. The zero-order valence-corrected chi connectivity index (χ0v) is 12.5. The van der Waals surface area contributed by atoms with Gasteiger partial charge in [-0.2, -0.15) is 0 Å². The average Bonchev–Trinajstić information content (AvgIpc) is 2.90. The van der Waals surface area contributed by atoms with Gasteiger partial charge < -0.3 is 4.42 Å². The van der Waals surface area contributed by atoms with Crippen molar-refractivity contribution < 1.29 is 12.8 Å². The van der Waals surface area contributed by atoms with Crippen LogP contribution in [-0.2, 0) is 9.84 Å². The van der Waals surface area contributed by atoms with Crippen LogP contribution in [0.15, 0.2) is 46.0 Å². The number of aromatic nitrogens is 2. The monoisotopic (exact) mass is 302 g/mol. The molecule has 0 unspecified atom stereocenters. The fourth-order valence-corrected chi connectivity index (χ4v) is 3.14. The lowest BCUT2D eigenvalue weighted by Gasteiger charge is -2.04. The van der Waals surface area contributed by atoms with E-state index in [9.17, 15) is 8.42 Å². The predicted molar refractivity (Wildman–Crippen MR) is 79.7 cm³/mol. The summed E-state index contributed by atoms with van der Waals surface area (Å²) >= 11 is 0. The van der Waals surface area contributed by atoms with Crippen LogP contribution in [0.4, 0.5) is 0 Å². The molecule has 0 amide bonds. The van der Waals surface area contributed by atoms with E-state index in [4.69, 9.17) is 4.42 Å². The summed E-state index contributed by atoms with van der Waals surface area (Å²) in [7, 11) is -3.39. The van der Waals surface area contributed by atoms with E-state index in [1.165, 1.54) is 12.4 Å². The van der Waals surface area contributed by atoms with Crippen LogP contribution in [0.3, 0.4) is 0 Å². The molecule has 0 spiro atoms. The van der Waals surface area contributed by atoms with Gasteiger partial charge in [0, 0.05) is 12.4 Å². The van der Waals surface area contributed by atoms with Gasteiger partial charge in [-0.3, -0.25) is 4.98 Å². The first-order chi connectivity index (χ1) is 10.0. The third kappa shape index (κ3) is 2.42. The normalized spacial score (nSPS) is 11.9. The summed E-state index contributed by atoms with van der Waals surface area (Å²) in [5.74, 6) is 0.301. The summed E-state index contributed by atoms with van der Waals surface area (Å²) < 4.78 is 30.0. The molecule has 0 bridgehead atoms. The molecule has 1 aromatic carbocycles. The number of sulfone groups is 1. The quantitative estimate of drug-likeness (QED) is 0.743. The third-order valence-electron chi connectivity index (χ3n) is 3.27. The van der Waals surface area contributed by atoms with Crippen molar-refractivity contribution in [3.05, 3.63) is 42.2 Å². The van der Waals surface area contributed by atoms with Crippen molar-refractivity contribution >= 4 is 20.9 Å². The van der Waals surface area contributed by atoms with Crippen LogP contribution in [0, 0.1) is 6.92 Å². The summed E-state index contributed by atoms with van der Waals surface area (Å²) in [6, 6.07) is 7.27. The SMILES string of the molecule is CCS(=O)(=O)c1cnccc1-c1nc2cc(C)ccc2o1. The van der Waals surface area contributed by atoms with Crippen LogP contribution in [0.1, 0.15) is 12.5 Å². The fraction of sp³-hybridized carbons (Fsp3) is 0.200. The van der Waals surface area contributed by atoms with E-state index in [2.05, 4.69) is 9.97 Å². The Labute approximate surface area is 122 Å². The smallest absolute Gasteiger partial charge is 0.228 e. The van der Waals surface area contributed by atoms with Gasteiger partial charge in [-0.15, -0.1) is 0 Å². The van der Waals surface area contributed by atoms with Crippen LogP contribution in [-0.4, -0.2) is 24.1 Å². The van der Waals surface area contributed by atoms with E-state index < -0.39 is 9.84 Å². The minimum Gasteiger partial charge on any atom is -0.436 e. The molecule has 2 heterocycles. The van der Waals surface area contributed by atoms with Crippen LogP contribution < -0.4 is 0 Å². The number of hydrogen-bond acceptors (Lipinski definition) is 5. The van der Waals surface area contributed by atoms with Crippen LogP contribution in [0.25, 0.3) is 22.6 Å². The lowest BCUT2D eigenvalue weighted by molar-refractivity contribution is 0.593. The van der Waals surface area contributed by atoms with Gasteiger partial charge in [0.25, 0.3) is 0 Å². The molecule has 21 heavy (non-hydrogen) atoms. The summed E-state index contributed by atoms with van der Waals surface area (Å²) in [6.07, 6.45) is 2.87. The molecule has 0 aliphatic heterocycles. The fourth-order valence-electron chi connectivity index (χ4n) is 2.11. The summed E-state index contributed by atoms with van der Waals surface area (Å²) in [5.41, 5.74) is 2.85. The van der Waals surface area contributed by atoms with Crippen LogP contribution >= 0.6 is 0 Å². The van der Waals surface area contributed by atoms with Crippen molar-refractivity contribution in [2.24, 2.45) is 0 Å². The molecule has 0 aliphatic carbocycles. The zero-order chi connectivity index (χ0) is 15.0. The van der Waals surface area contributed by atoms with Crippen LogP contribution in [0.2, 0.25) is 0 Å². The first kappa shape index (κ1) is 13.8. The summed E-state index contributed by atoms with van der Waals surface area (Å²) in [6.45, 7) is 3.56. The molecule has 3 rings (SSSR count). The van der Waals surface area contributed by atoms with Crippen molar-refractivity contribution in [3.8, 4) is 11.5 Å². The van der Waals surface area contributed by atoms with E-state index in [1.54, 1.807) is 13.0 Å². The van der Waals surface area contributed by atoms with Gasteiger partial charge in [-0.05, 0) is 30.7 Å². The van der Waals surface area contributed by atoms with Crippen molar-refractivity contribution in [3.63, 3.8) is 0 Å². The summed E-state index contributed by atoms with van der Waals surface area (Å²) in [4.78, 5) is 8.45. The lowest BCUT2D eigenvalue weighted by Crippen LogP contribution is -2.06. The second-order valence-electron chi connectivity index (χ2n) is 4.77. The van der Waals surface area contributed by atoms with Gasteiger partial charge in [-0.1, -0.05) is 13.0 Å². The topological polar surface area (TPSA) is 73.1 Å². The Bertz CT molecular complexity index is 914. The maximum atomic E-state index is 12.2. The van der Waals surface area contributed by atoms with E-state index in [-0.39, 0.29) is 10.6 Å². The third-order valence-corrected chi connectivity index (χ3v) is 5.03. The molecule has 0 atom stereocenters. The molecule has 0 fully saturated rings. The number of rotatable bonds is 3. The van der Waals surface area contributed by atoms with Gasteiger partial charge in [-0.25, -0.2) is 13.4 Å². The maximum Gasteiger partial charge on any atom is 0.228 e. The highest BCUT2D eigenvalue weighted by molar-refractivity contribution is 7.91. The molecule has 0 N–H and O–H groups in total. The second kappa shape index (κ2) is 4.96. The summed E-state index contributed by atoms with van der Waals surface area (Å²) in [5, 5.41) is 0. The number of hydrogen-bond donors (Lipinski definition) is 0. The van der Waals surface area contributed by atoms with E-state index >= 15 is 0 Å². The van der Waals surface area contributed by atoms with Gasteiger partial charge in [0.2, 0.25) is 5.89 Å².